The number of hydrogen-bond acceptors (Lipinski definition) is 4. The molecule has 0 aliphatic carbocycles. The minimum Gasteiger partial charge on any atom is -0.351 e. The average molecular weight is 310 g/mol. The van der Waals surface area contributed by atoms with E-state index in [9.17, 15) is 17.6 Å². The number of nitrogens with two attached hydrogens (primary N) is 1. The van der Waals surface area contributed by atoms with Crippen LogP contribution in [0.5, 0.6) is 0 Å². The van der Waals surface area contributed by atoms with E-state index in [4.69, 9.17) is 5.73 Å². The number of primary amides is 1. The number of benzene rings is 1. The summed E-state index contributed by atoms with van der Waals surface area (Å²) < 4.78 is 39.7. The first-order valence-electron chi connectivity index (χ1n) is 5.68. The average Bonchev–Trinajstić information content (AvgIpc) is 2.38. The molecular formula is C12H11FN4O3S. The van der Waals surface area contributed by atoms with Gasteiger partial charge in [-0.05, 0) is 30.3 Å². The summed E-state index contributed by atoms with van der Waals surface area (Å²) in [6, 6.07) is 7.28. The van der Waals surface area contributed by atoms with Crippen molar-refractivity contribution in [3.63, 3.8) is 0 Å². The third-order valence-electron chi connectivity index (χ3n) is 2.36. The van der Waals surface area contributed by atoms with Crippen molar-refractivity contribution in [1.82, 2.24) is 4.98 Å². The Hall–Kier alpha value is -2.68. The third-order valence-corrected chi connectivity index (χ3v) is 3.68. The molecule has 21 heavy (non-hydrogen) atoms. The van der Waals surface area contributed by atoms with E-state index in [2.05, 4.69) is 15.0 Å². The van der Waals surface area contributed by atoms with E-state index in [-0.39, 0.29) is 5.69 Å². The Kier molecular flexibility index (Phi) is 4.03. The lowest BCUT2D eigenvalue weighted by Crippen LogP contribution is -2.19. The van der Waals surface area contributed by atoms with Crippen molar-refractivity contribution in [2.75, 3.05) is 10.0 Å². The van der Waals surface area contributed by atoms with Crippen LogP contribution in [0.15, 0.2) is 47.6 Å². The molecule has 2 rings (SSSR count). The lowest BCUT2D eigenvalue weighted by atomic mass is 10.3. The van der Waals surface area contributed by atoms with E-state index < -0.39 is 26.9 Å². The highest BCUT2D eigenvalue weighted by molar-refractivity contribution is 7.92. The Bertz CT molecular complexity index is 780. The molecule has 7 nitrogen and oxygen atoms in total. The molecule has 9 heteroatoms. The number of sulfonamides is 1. The number of nitrogens with one attached hydrogen (secondary N) is 2. The summed E-state index contributed by atoms with van der Waals surface area (Å²) in [4.78, 5) is 14.2. The highest BCUT2D eigenvalue weighted by Gasteiger charge is 2.20. The normalized spacial score (nSPS) is 10.9. The maximum absolute atomic E-state index is 13.5. The van der Waals surface area contributed by atoms with Crippen LogP contribution in [0.25, 0.3) is 0 Å². The second-order valence-electron chi connectivity index (χ2n) is 3.97. The minimum atomic E-state index is -4.17. The van der Waals surface area contributed by atoms with Gasteiger partial charge in [-0.2, -0.15) is 8.42 Å². The van der Waals surface area contributed by atoms with E-state index in [1.807, 2.05) is 0 Å². The van der Waals surface area contributed by atoms with Crippen LogP contribution < -0.4 is 15.8 Å². The van der Waals surface area contributed by atoms with Crippen molar-refractivity contribution >= 4 is 27.4 Å². The maximum atomic E-state index is 13.5. The molecule has 0 fully saturated rings. The van der Waals surface area contributed by atoms with E-state index in [0.717, 1.165) is 6.07 Å². The highest BCUT2D eigenvalue weighted by atomic mass is 32.2. The molecule has 0 saturated carbocycles. The van der Waals surface area contributed by atoms with E-state index >= 15 is 0 Å². The van der Waals surface area contributed by atoms with Gasteiger partial charge in [-0.3, -0.25) is 4.72 Å². The summed E-state index contributed by atoms with van der Waals surface area (Å²) in [5, 5.41) is 1.59. The fourth-order valence-corrected chi connectivity index (χ4v) is 2.63. The Morgan fingerprint density at radius 2 is 1.90 bits per heavy atom. The molecule has 0 spiro atoms. The van der Waals surface area contributed by atoms with Gasteiger partial charge >= 0.3 is 6.03 Å². The number of nitrogens with zero attached hydrogens (tertiary/aromatic N) is 1. The van der Waals surface area contributed by atoms with Gasteiger partial charge in [0.1, 0.15) is 0 Å². The Morgan fingerprint density at radius 3 is 2.57 bits per heavy atom. The molecular weight excluding hydrogens is 299 g/mol. The van der Waals surface area contributed by atoms with Crippen molar-refractivity contribution in [1.29, 1.82) is 0 Å². The van der Waals surface area contributed by atoms with Gasteiger partial charge in [0.05, 0.1) is 5.69 Å². The van der Waals surface area contributed by atoms with Gasteiger partial charge in [-0.25, -0.2) is 14.2 Å². The van der Waals surface area contributed by atoms with Gasteiger partial charge < -0.3 is 11.1 Å². The van der Waals surface area contributed by atoms with Crippen molar-refractivity contribution < 1.29 is 17.6 Å². The van der Waals surface area contributed by atoms with Crippen LogP contribution in [-0.2, 0) is 10.0 Å². The predicted octanol–water partition coefficient (Wildman–Crippen LogP) is 1.51. The zero-order chi connectivity index (χ0) is 15.5. The summed E-state index contributed by atoms with van der Waals surface area (Å²) in [7, 11) is -4.17. The molecule has 2 aromatic rings. The largest absolute Gasteiger partial charge is 0.351 e. The van der Waals surface area contributed by atoms with Gasteiger partial charge in [-0.15, -0.1) is 0 Å². The highest BCUT2D eigenvalue weighted by Crippen LogP contribution is 2.19. The van der Waals surface area contributed by atoms with Gasteiger partial charge in [-0.1, -0.05) is 6.07 Å². The summed E-state index contributed by atoms with van der Waals surface area (Å²) in [5.74, 6) is -0.962. The SMILES string of the molecule is NC(=O)Nc1cccc(NS(=O)(=O)c2ncccc2F)c1. The summed E-state index contributed by atoms with van der Waals surface area (Å²) in [6.07, 6.45) is 1.17. The van der Waals surface area contributed by atoms with Gasteiger partial charge in [0.15, 0.2) is 5.82 Å². The first-order valence-corrected chi connectivity index (χ1v) is 7.17. The molecule has 1 aromatic carbocycles. The van der Waals surface area contributed by atoms with Crippen LogP contribution in [0.2, 0.25) is 0 Å². The lowest BCUT2D eigenvalue weighted by molar-refractivity contribution is 0.259. The maximum Gasteiger partial charge on any atom is 0.316 e. The van der Waals surface area contributed by atoms with Gasteiger partial charge in [0.25, 0.3) is 10.0 Å². The minimum absolute atomic E-state index is 0.131. The van der Waals surface area contributed by atoms with E-state index in [0.29, 0.717) is 5.69 Å². The fraction of sp³-hybridized carbons (Fsp3) is 0. The van der Waals surface area contributed by atoms with Crippen LogP contribution in [0, 0.1) is 5.82 Å². The quantitative estimate of drug-likeness (QED) is 0.794. The first-order chi connectivity index (χ1) is 9.88. The van der Waals surface area contributed by atoms with Gasteiger partial charge in [0.2, 0.25) is 5.03 Å². The monoisotopic (exact) mass is 310 g/mol. The molecule has 0 unspecified atom stereocenters. The van der Waals surface area contributed by atoms with E-state index in [1.54, 1.807) is 0 Å². The smallest absolute Gasteiger partial charge is 0.316 e. The van der Waals surface area contributed by atoms with Crippen LogP contribution in [0.4, 0.5) is 20.6 Å². The Balaban J connectivity index is 2.29. The molecule has 0 aliphatic rings. The van der Waals surface area contributed by atoms with Crippen molar-refractivity contribution in [3.05, 3.63) is 48.4 Å². The standard InChI is InChI=1S/C12H11FN4O3S/c13-10-5-2-6-15-11(10)21(19,20)17-9-4-1-3-8(7-9)16-12(14)18/h1-7,17H,(H3,14,16,18). The number of pyridine rings is 1. The molecule has 4 N–H and O–H groups in total. The number of aromatic nitrogens is 1. The summed E-state index contributed by atoms with van der Waals surface area (Å²) >= 11 is 0. The molecule has 0 radical (unpaired) electrons. The molecule has 110 valence electrons. The number of urea groups is 1. The zero-order valence-corrected chi connectivity index (χ0v) is 11.4. The predicted molar refractivity (Wildman–Crippen MR) is 74.7 cm³/mol. The number of hydrogen-bond donors (Lipinski definition) is 3. The number of carbonyl (C=O) groups is 1. The van der Waals surface area contributed by atoms with E-state index in [1.165, 1.54) is 36.5 Å². The second-order valence-corrected chi connectivity index (χ2v) is 5.56. The molecule has 0 bridgehead atoms. The third kappa shape index (κ3) is 3.66. The van der Waals surface area contributed by atoms with Crippen molar-refractivity contribution in [3.8, 4) is 0 Å². The van der Waals surface area contributed by atoms with Crippen LogP contribution >= 0.6 is 0 Å². The van der Waals surface area contributed by atoms with Crippen LogP contribution in [-0.4, -0.2) is 19.4 Å². The molecule has 0 atom stereocenters. The number of rotatable bonds is 4. The molecule has 0 aliphatic heterocycles. The summed E-state index contributed by atoms with van der Waals surface area (Å²) in [5.41, 5.74) is 5.39. The first kappa shape index (κ1) is 14.7. The zero-order valence-electron chi connectivity index (χ0n) is 10.6. The molecule has 1 aromatic heterocycles. The molecule has 1 heterocycles. The molecule has 2 amide bonds. The summed E-state index contributed by atoms with van der Waals surface area (Å²) in [6.45, 7) is 0. The van der Waals surface area contributed by atoms with Crippen molar-refractivity contribution in [2.45, 2.75) is 5.03 Å². The Labute approximate surface area is 120 Å². The Morgan fingerprint density at radius 1 is 1.19 bits per heavy atom. The number of halogens is 1. The number of carbonyl (C=O) groups excluding carboxylic acids is 1. The topological polar surface area (TPSA) is 114 Å². The fourth-order valence-electron chi connectivity index (χ4n) is 1.58. The molecule has 0 saturated heterocycles. The van der Waals surface area contributed by atoms with Crippen molar-refractivity contribution in [2.24, 2.45) is 5.73 Å². The number of anilines is 2. The number of amides is 2. The van der Waals surface area contributed by atoms with Crippen LogP contribution in [0.1, 0.15) is 0 Å². The van der Waals surface area contributed by atoms with Crippen LogP contribution in [0.3, 0.4) is 0 Å². The lowest BCUT2D eigenvalue weighted by Gasteiger charge is -2.09. The van der Waals surface area contributed by atoms with Gasteiger partial charge in [0, 0.05) is 11.9 Å². The second kappa shape index (κ2) is 5.75.